The van der Waals surface area contributed by atoms with Gasteiger partial charge in [-0.05, 0) is 106 Å². The van der Waals surface area contributed by atoms with E-state index in [1.54, 1.807) is 0 Å². The monoisotopic (exact) mass is 450 g/mol. The molecule has 2 nitrogen and oxygen atoms in total. The standard InChI is InChI=1S/C31H46O2/c1-3-5-6-9-24-14-19-28(20-15-24)33-31(32)30-11-7-10-27-22-26(18-21-29(27)30)25-16-12-23(8-4-2)13-17-25/h3,5,14-15,19-20,23,25-27,29-30H,4,6-13,16-18,21-22H2,1-2H3/b5-3+. The molecule has 0 amide bonds. The normalized spacial score (nSPS) is 32.4. The summed E-state index contributed by atoms with van der Waals surface area (Å²) in [5, 5.41) is 0. The Labute approximate surface area is 202 Å². The maximum Gasteiger partial charge on any atom is 0.314 e. The molecule has 2 heteroatoms. The molecule has 3 aliphatic carbocycles. The maximum absolute atomic E-state index is 13.2. The van der Waals surface area contributed by atoms with Gasteiger partial charge in [0.15, 0.2) is 0 Å². The quantitative estimate of drug-likeness (QED) is 0.225. The van der Waals surface area contributed by atoms with Gasteiger partial charge in [-0.3, -0.25) is 4.79 Å². The number of carbonyl (C=O) groups excluding carboxylic acids is 1. The SMILES string of the molecule is C/C=C/CCc1ccc(OC(=O)C2CCCC3CC(C4CCC(CCC)CC4)CCC32)cc1. The molecule has 1 aromatic rings. The lowest BCUT2D eigenvalue weighted by molar-refractivity contribution is -0.144. The highest BCUT2D eigenvalue weighted by atomic mass is 16.5. The Bertz CT molecular complexity index is 756. The van der Waals surface area contributed by atoms with Crippen LogP contribution in [-0.4, -0.2) is 5.97 Å². The van der Waals surface area contributed by atoms with E-state index in [9.17, 15) is 4.79 Å². The maximum atomic E-state index is 13.2. The minimum absolute atomic E-state index is 0.0323. The molecule has 0 aromatic heterocycles. The van der Waals surface area contributed by atoms with Crippen molar-refractivity contribution in [1.82, 2.24) is 0 Å². The lowest BCUT2D eigenvalue weighted by Gasteiger charge is -2.46. The van der Waals surface area contributed by atoms with Crippen LogP contribution in [0.5, 0.6) is 5.75 Å². The van der Waals surface area contributed by atoms with E-state index < -0.39 is 0 Å². The van der Waals surface area contributed by atoms with Gasteiger partial charge < -0.3 is 4.74 Å². The van der Waals surface area contributed by atoms with E-state index in [1.807, 2.05) is 12.1 Å². The third kappa shape index (κ3) is 6.52. The van der Waals surface area contributed by atoms with E-state index in [0.29, 0.717) is 5.92 Å². The smallest absolute Gasteiger partial charge is 0.314 e. The van der Waals surface area contributed by atoms with E-state index in [-0.39, 0.29) is 11.9 Å². The number of carbonyl (C=O) groups is 1. The van der Waals surface area contributed by atoms with Gasteiger partial charge >= 0.3 is 5.97 Å². The molecule has 0 saturated heterocycles. The second kappa shape index (κ2) is 12.2. The van der Waals surface area contributed by atoms with Gasteiger partial charge in [0.2, 0.25) is 0 Å². The zero-order valence-corrected chi connectivity index (χ0v) is 21.1. The molecule has 0 aliphatic heterocycles. The van der Waals surface area contributed by atoms with Gasteiger partial charge in [-0.1, -0.05) is 69.7 Å². The van der Waals surface area contributed by atoms with Gasteiger partial charge in [-0.2, -0.15) is 0 Å². The van der Waals surface area contributed by atoms with E-state index >= 15 is 0 Å². The summed E-state index contributed by atoms with van der Waals surface area (Å²) in [6.45, 7) is 4.39. The predicted molar refractivity (Wildman–Crippen MR) is 137 cm³/mol. The van der Waals surface area contributed by atoms with Crippen molar-refractivity contribution >= 4 is 5.97 Å². The topological polar surface area (TPSA) is 26.3 Å². The Morgan fingerprint density at radius 2 is 1.70 bits per heavy atom. The van der Waals surface area contributed by atoms with Crippen LogP contribution >= 0.6 is 0 Å². The average Bonchev–Trinajstić information content (AvgIpc) is 2.85. The molecule has 0 heterocycles. The zero-order chi connectivity index (χ0) is 23.0. The second-order valence-electron chi connectivity index (χ2n) is 11.3. The number of fused-ring (bicyclic) bond motifs is 1. The Morgan fingerprint density at radius 1 is 0.939 bits per heavy atom. The van der Waals surface area contributed by atoms with Gasteiger partial charge in [0.25, 0.3) is 0 Å². The number of hydrogen-bond donors (Lipinski definition) is 0. The first kappa shape index (κ1) is 24.6. The number of rotatable bonds is 8. The summed E-state index contributed by atoms with van der Waals surface area (Å²) < 4.78 is 5.91. The number of esters is 1. The molecule has 4 unspecified atom stereocenters. The van der Waals surface area contributed by atoms with E-state index in [2.05, 4.69) is 38.1 Å². The molecular weight excluding hydrogens is 404 g/mol. The third-order valence-electron chi connectivity index (χ3n) is 9.22. The fourth-order valence-electron chi connectivity index (χ4n) is 7.41. The summed E-state index contributed by atoms with van der Waals surface area (Å²) in [5.74, 6) is 5.03. The van der Waals surface area contributed by atoms with E-state index in [0.717, 1.165) is 48.7 Å². The molecule has 0 bridgehead atoms. The molecule has 4 atom stereocenters. The van der Waals surface area contributed by atoms with Crippen LogP contribution in [0, 0.1) is 35.5 Å². The van der Waals surface area contributed by atoms with E-state index in [4.69, 9.17) is 4.74 Å². The number of benzene rings is 1. The molecular formula is C31H46O2. The van der Waals surface area contributed by atoms with Crippen molar-refractivity contribution in [3.8, 4) is 5.75 Å². The second-order valence-corrected chi connectivity index (χ2v) is 11.3. The first-order chi connectivity index (χ1) is 16.2. The molecule has 3 saturated carbocycles. The number of hydrogen-bond acceptors (Lipinski definition) is 2. The molecule has 0 N–H and O–H groups in total. The summed E-state index contributed by atoms with van der Waals surface area (Å²) in [7, 11) is 0. The molecule has 4 rings (SSSR count). The summed E-state index contributed by atoms with van der Waals surface area (Å²) in [5.41, 5.74) is 1.30. The van der Waals surface area contributed by atoms with Crippen LogP contribution in [0.2, 0.25) is 0 Å². The highest BCUT2D eigenvalue weighted by Gasteiger charge is 2.43. The molecule has 1 aromatic carbocycles. The van der Waals surface area contributed by atoms with E-state index in [1.165, 1.54) is 76.2 Å². The summed E-state index contributed by atoms with van der Waals surface area (Å²) >= 11 is 0. The fraction of sp³-hybridized carbons (Fsp3) is 0.710. The number of aryl methyl sites for hydroxylation is 1. The van der Waals surface area contributed by atoms with Crippen molar-refractivity contribution in [1.29, 1.82) is 0 Å². The first-order valence-corrected chi connectivity index (χ1v) is 14.1. The molecule has 3 fully saturated rings. The average molecular weight is 451 g/mol. The van der Waals surface area contributed by atoms with Crippen LogP contribution in [0.15, 0.2) is 36.4 Å². The predicted octanol–water partition coefficient (Wildman–Crippen LogP) is 8.54. The van der Waals surface area contributed by atoms with Crippen LogP contribution in [0.3, 0.4) is 0 Å². The van der Waals surface area contributed by atoms with Crippen LogP contribution < -0.4 is 4.74 Å². The van der Waals surface area contributed by atoms with Gasteiger partial charge in [0.05, 0.1) is 5.92 Å². The van der Waals surface area contributed by atoms with Crippen LogP contribution in [-0.2, 0) is 11.2 Å². The van der Waals surface area contributed by atoms with Crippen LogP contribution in [0.25, 0.3) is 0 Å². The number of allylic oxidation sites excluding steroid dienone is 2. The molecule has 0 radical (unpaired) electrons. The van der Waals surface area contributed by atoms with Crippen molar-refractivity contribution < 1.29 is 9.53 Å². The summed E-state index contributed by atoms with van der Waals surface area (Å²) in [4.78, 5) is 13.2. The van der Waals surface area contributed by atoms with Crippen molar-refractivity contribution in [3.63, 3.8) is 0 Å². The Balaban J connectivity index is 1.28. The Kier molecular flexibility index (Phi) is 9.10. The fourth-order valence-corrected chi connectivity index (χ4v) is 7.41. The zero-order valence-electron chi connectivity index (χ0n) is 21.1. The molecule has 0 spiro atoms. The Hall–Kier alpha value is -1.57. The van der Waals surface area contributed by atoms with Crippen molar-refractivity contribution in [2.75, 3.05) is 0 Å². The van der Waals surface area contributed by atoms with Crippen LogP contribution in [0.1, 0.15) is 103 Å². The number of ether oxygens (including phenoxy) is 1. The van der Waals surface area contributed by atoms with Crippen molar-refractivity contribution in [2.24, 2.45) is 35.5 Å². The first-order valence-electron chi connectivity index (χ1n) is 14.1. The minimum atomic E-state index is 0.0323. The summed E-state index contributed by atoms with van der Waals surface area (Å²) in [6.07, 6.45) is 22.5. The largest absolute Gasteiger partial charge is 0.426 e. The lowest BCUT2D eigenvalue weighted by atomic mass is 9.59. The van der Waals surface area contributed by atoms with Crippen molar-refractivity contribution in [2.45, 2.75) is 104 Å². The van der Waals surface area contributed by atoms with Crippen molar-refractivity contribution in [3.05, 3.63) is 42.0 Å². The van der Waals surface area contributed by atoms with Crippen LogP contribution in [0.4, 0.5) is 0 Å². The van der Waals surface area contributed by atoms with Gasteiger partial charge in [-0.25, -0.2) is 0 Å². The molecule has 182 valence electrons. The highest BCUT2D eigenvalue weighted by molar-refractivity contribution is 5.75. The third-order valence-corrected chi connectivity index (χ3v) is 9.22. The van der Waals surface area contributed by atoms with Gasteiger partial charge in [0, 0.05) is 0 Å². The van der Waals surface area contributed by atoms with Gasteiger partial charge in [-0.15, -0.1) is 0 Å². The lowest BCUT2D eigenvalue weighted by Crippen LogP contribution is -2.40. The highest BCUT2D eigenvalue weighted by Crippen LogP contribution is 2.50. The molecule has 3 aliphatic rings. The van der Waals surface area contributed by atoms with Gasteiger partial charge in [0.1, 0.15) is 5.75 Å². The Morgan fingerprint density at radius 3 is 2.42 bits per heavy atom. The summed E-state index contributed by atoms with van der Waals surface area (Å²) in [6, 6.07) is 8.18. The minimum Gasteiger partial charge on any atom is -0.426 e. The molecule has 33 heavy (non-hydrogen) atoms.